The molecule has 0 fully saturated rings. The van der Waals surface area contributed by atoms with Gasteiger partial charge in [-0.05, 0) is 31.7 Å². The molecule has 4 nitrogen and oxygen atoms in total. The number of rotatable bonds is 2. The third-order valence-electron chi connectivity index (χ3n) is 1.25. The number of hydrogen-bond donors (Lipinski definition) is 2. The predicted octanol–water partition coefficient (Wildman–Crippen LogP) is 1.71. The molecule has 0 spiro atoms. The molecule has 0 unspecified atom stereocenters. The molecule has 70 valence electrons. The van der Waals surface area contributed by atoms with Crippen LogP contribution in [0.3, 0.4) is 0 Å². The van der Waals surface area contributed by atoms with Gasteiger partial charge in [-0.15, -0.1) is 0 Å². The Hall–Kier alpha value is -0.880. The van der Waals surface area contributed by atoms with E-state index >= 15 is 0 Å². The molecule has 13 heavy (non-hydrogen) atoms. The van der Waals surface area contributed by atoms with E-state index in [2.05, 4.69) is 30.6 Å². The number of hydrogen-bond acceptors (Lipinski definition) is 5. The summed E-state index contributed by atoms with van der Waals surface area (Å²) in [6.07, 6.45) is 2.65. The molecule has 0 saturated heterocycles. The Morgan fingerprint density at radius 2 is 2.38 bits per heavy atom. The van der Waals surface area contributed by atoms with Gasteiger partial charge < -0.3 is 4.74 Å². The quantitative estimate of drug-likeness (QED) is 0.740. The van der Waals surface area contributed by atoms with E-state index in [-0.39, 0.29) is 6.61 Å². The van der Waals surface area contributed by atoms with Crippen LogP contribution < -0.4 is 0 Å². The fourth-order valence-corrected chi connectivity index (χ4v) is 0.802. The van der Waals surface area contributed by atoms with E-state index in [0.717, 1.165) is 9.27 Å². The lowest BCUT2D eigenvalue weighted by molar-refractivity contribution is 0.136. The molecule has 0 aliphatic rings. The zero-order valence-corrected chi connectivity index (χ0v) is 8.41. The number of ether oxygens (including phenoxy) is 1. The van der Waals surface area contributed by atoms with Crippen molar-refractivity contribution in [1.29, 1.82) is 0 Å². The van der Waals surface area contributed by atoms with Crippen molar-refractivity contribution < 1.29 is 9.53 Å². The number of nitrogens with zero attached hydrogens (tertiary/aromatic N) is 2. The normalized spacial score (nSPS) is 9.38. The Kier molecular flexibility index (Phi) is 3.91. The molecule has 1 heterocycles. The van der Waals surface area contributed by atoms with Crippen molar-refractivity contribution in [1.82, 2.24) is 8.69 Å². The molecule has 1 aromatic heterocycles. The van der Waals surface area contributed by atoms with Crippen LogP contribution in [0.5, 0.6) is 0 Å². The average Bonchev–Trinajstić information content (AvgIpc) is 2.15. The second-order valence-electron chi connectivity index (χ2n) is 2.21. The summed E-state index contributed by atoms with van der Waals surface area (Å²) in [6, 6.07) is 3.57. The standard InChI is InChI=1S/C7H8N2O2S2/c10-7(9(12)13)11-5-6-2-1-3-8-4-6/h1-4,12-13H,5H2. The summed E-state index contributed by atoms with van der Waals surface area (Å²) >= 11 is 7.29. The molecular weight excluding hydrogens is 208 g/mol. The van der Waals surface area contributed by atoms with E-state index in [9.17, 15) is 4.79 Å². The van der Waals surface area contributed by atoms with Gasteiger partial charge in [0.2, 0.25) is 0 Å². The maximum absolute atomic E-state index is 10.8. The Morgan fingerprint density at radius 3 is 2.92 bits per heavy atom. The van der Waals surface area contributed by atoms with E-state index in [1.165, 1.54) is 0 Å². The van der Waals surface area contributed by atoms with Crippen molar-refractivity contribution >= 4 is 31.7 Å². The number of aromatic nitrogens is 1. The summed E-state index contributed by atoms with van der Waals surface area (Å²) in [5.41, 5.74) is 0.819. The van der Waals surface area contributed by atoms with E-state index in [0.29, 0.717) is 0 Å². The van der Waals surface area contributed by atoms with Gasteiger partial charge in [0, 0.05) is 18.0 Å². The maximum atomic E-state index is 10.8. The van der Waals surface area contributed by atoms with Crippen LogP contribution in [0.1, 0.15) is 5.56 Å². The van der Waals surface area contributed by atoms with Gasteiger partial charge in [0.05, 0.1) is 0 Å². The molecule has 0 bridgehead atoms. The van der Waals surface area contributed by atoms with Crippen molar-refractivity contribution in [3.05, 3.63) is 30.1 Å². The summed E-state index contributed by atoms with van der Waals surface area (Å²) in [6.45, 7) is 0.171. The number of carbonyl (C=O) groups excluding carboxylic acids is 1. The number of carbonyl (C=O) groups is 1. The van der Waals surface area contributed by atoms with Gasteiger partial charge in [-0.2, -0.15) is 3.71 Å². The van der Waals surface area contributed by atoms with E-state index < -0.39 is 6.09 Å². The van der Waals surface area contributed by atoms with Crippen LogP contribution in [0.25, 0.3) is 0 Å². The van der Waals surface area contributed by atoms with Gasteiger partial charge in [-0.25, -0.2) is 4.79 Å². The number of thiol groups is 2. The lowest BCUT2D eigenvalue weighted by Gasteiger charge is -2.07. The number of pyridine rings is 1. The molecule has 0 radical (unpaired) electrons. The van der Waals surface area contributed by atoms with Crippen molar-refractivity contribution in [2.75, 3.05) is 0 Å². The van der Waals surface area contributed by atoms with E-state index in [1.54, 1.807) is 18.5 Å². The molecule has 0 aliphatic carbocycles. The first-order valence-corrected chi connectivity index (χ1v) is 4.23. The highest BCUT2D eigenvalue weighted by atomic mass is 32.2. The summed E-state index contributed by atoms with van der Waals surface area (Å²) in [5.74, 6) is 0. The third kappa shape index (κ3) is 3.56. The van der Waals surface area contributed by atoms with Gasteiger partial charge in [0.15, 0.2) is 0 Å². The highest BCUT2D eigenvalue weighted by Crippen LogP contribution is 2.04. The van der Waals surface area contributed by atoms with Crippen molar-refractivity contribution in [3.8, 4) is 0 Å². The summed E-state index contributed by atoms with van der Waals surface area (Å²) < 4.78 is 5.56. The number of amides is 1. The fraction of sp³-hybridized carbons (Fsp3) is 0.143. The second-order valence-corrected chi connectivity index (χ2v) is 3.32. The molecule has 1 amide bonds. The predicted molar refractivity (Wildman–Crippen MR) is 54.2 cm³/mol. The monoisotopic (exact) mass is 216 g/mol. The summed E-state index contributed by atoms with van der Waals surface area (Å²) in [7, 11) is 0. The van der Waals surface area contributed by atoms with Gasteiger partial charge in [0.25, 0.3) is 0 Å². The third-order valence-corrected chi connectivity index (χ3v) is 1.58. The first-order chi connectivity index (χ1) is 6.20. The van der Waals surface area contributed by atoms with Crippen LogP contribution in [0.15, 0.2) is 24.5 Å². The smallest absolute Gasteiger partial charge is 0.430 e. The van der Waals surface area contributed by atoms with Crippen LogP contribution in [-0.4, -0.2) is 14.8 Å². The molecule has 1 aromatic rings. The molecular formula is C7H8N2O2S2. The zero-order chi connectivity index (χ0) is 9.68. The largest absolute Gasteiger partial charge is 0.443 e. The second kappa shape index (κ2) is 4.98. The van der Waals surface area contributed by atoms with Gasteiger partial charge in [-0.3, -0.25) is 4.98 Å². The zero-order valence-electron chi connectivity index (χ0n) is 6.62. The first kappa shape index (κ1) is 10.2. The van der Waals surface area contributed by atoms with Crippen molar-refractivity contribution in [3.63, 3.8) is 0 Å². The Bertz CT molecular complexity index is 279. The van der Waals surface area contributed by atoms with E-state index in [1.807, 2.05) is 6.07 Å². The summed E-state index contributed by atoms with van der Waals surface area (Å²) in [5, 5.41) is 0. The van der Waals surface area contributed by atoms with Gasteiger partial charge in [-0.1, -0.05) is 6.07 Å². The molecule has 6 heteroatoms. The topological polar surface area (TPSA) is 42.4 Å². The molecule has 0 saturated carbocycles. The minimum atomic E-state index is -0.615. The molecule has 0 aliphatic heterocycles. The molecule has 1 rings (SSSR count). The lowest BCUT2D eigenvalue weighted by Crippen LogP contribution is -2.13. The summed E-state index contributed by atoms with van der Waals surface area (Å²) in [4.78, 5) is 14.7. The molecule has 0 atom stereocenters. The fourth-order valence-electron chi connectivity index (χ4n) is 0.686. The van der Waals surface area contributed by atoms with Crippen LogP contribution in [0.4, 0.5) is 4.79 Å². The van der Waals surface area contributed by atoms with Crippen molar-refractivity contribution in [2.24, 2.45) is 0 Å². The molecule has 0 N–H and O–H groups in total. The van der Waals surface area contributed by atoms with Gasteiger partial charge >= 0.3 is 6.09 Å². The lowest BCUT2D eigenvalue weighted by atomic mass is 10.3. The van der Waals surface area contributed by atoms with Crippen LogP contribution in [0, 0.1) is 0 Å². The Morgan fingerprint density at radius 1 is 1.62 bits per heavy atom. The van der Waals surface area contributed by atoms with Crippen molar-refractivity contribution in [2.45, 2.75) is 6.61 Å². The van der Waals surface area contributed by atoms with Crippen LogP contribution in [-0.2, 0) is 11.3 Å². The minimum Gasteiger partial charge on any atom is -0.443 e. The molecule has 0 aromatic carbocycles. The maximum Gasteiger partial charge on any atom is 0.430 e. The highest BCUT2D eigenvalue weighted by molar-refractivity contribution is 7.94. The first-order valence-electron chi connectivity index (χ1n) is 3.43. The van der Waals surface area contributed by atoms with Crippen LogP contribution in [0.2, 0.25) is 0 Å². The highest BCUT2D eigenvalue weighted by Gasteiger charge is 2.06. The van der Waals surface area contributed by atoms with E-state index in [4.69, 9.17) is 4.74 Å². The van der Waals surface area contributed by atoms with Gasteiger partial charge in [0.1, 0.15) is 6.61 Å². The average molecular weight is 216 g/mol. The Balaban J connectivity index is 2.40. The van der Waals surface area contributed by atoms with Crippen LogP contribution >= 0.6 is 25.6 Å². The Labute approximate surface area is 87.0 Å². The SMILES string of the molecule is O=C(OCc1cccnc1)N(S)S. The minimum absolute atomic E-state index is 0.171.